The van der Waals surface area contributed by atoms with Gasteiger partial charge in [0.25, 0.3) is 0 Å². The topological polar surface area (TPSA) is 76.7 Å². The molecule has 0 saturated carbocycles. The van der Waals surface area contributed by atoms with E-state index in [-0.39, 0.29) is 5.63 Å². The van der Waals surface area contributed by atoms with Crippen molar-refractivity contribution in [3.63, 3.8) is 0 Å². The molecule has 1 heterocycles. The standard InChI is InChI=1S/C21H20O5/c1-12-9-17(25-14(3)20(22)23)19-13(2)16(21(24)26-18(19)10-12)11-15-7-5-4-6-8-15/h4-10,14H,11H2,1-3H3,(H,22,23)/t14-/m0/s1. The number of rotatable bonds is 5. The summed E-state index contributed by atoms with van der Waals surface area (Å²) >= 11 is 0. The van der Waals surface area contributed by atoms with Crippen LogP contribution < -0.4 is 10.4 Å². The quantitative estimate of drug-likeness (QED) is 0.706. The van der Waals surface area contributed by atoms with Crippen LogP contribution in [0.4, 0.5) is 0 Å². The van der Waals surface area contributed by atoms with Crippen LogP contribution >= 0.6 is 0 Å². The third-order valence-corrected chi connectivity index (χ3v) is 4.36. The molecule has 0 fully saturated rings. The van der Waals surface area contributed by atoms with E-state index in [1.165, 1.54) is 6.92 Å². The number of carbonyl (C=O) groups is 1. The molecular weight excluding hydrogens is 332 g/mol. The van der Waals surface area contributed by atoms with E-state index in [1.54, 1.807) is 12.1 Å². The summed E-state index contributed by atoms with van der Waals surface area (Å²) in [5.41, 5.74) is 3.12. The van der Waals surface area contributed by atoms with Crippen LogP contribution in [0.25, 0.3) is 11.0 Å². The van der Waals surface area contributed by atoms with E-state index in [2.05, 4.69) is 0 Å². The lowest BCUT2D eigenvalue weighted by Gasteiger charge is -2.16. The summed E-state index contributed by atoms with van der Waals surface area (Å²) in [7, 11) is 0. The minimum Gasteiger partial charge on any atom is -0.479 e. The summed E-state index contributed by atoms with van der Waals surface area (Å²) in [5.74, 6) is -0.648. The maximum atomic E-state index is 12.5. The summed E-state index contributed by atoms with van der Waals surface area (Å²) < 4.78 is 11.2. The molecule has 26 heavy (non-hydrogen) atoms. The zero-order valence-corrected chi connectivity index (χ0v) is 14.9. The van der Waals surface area contributed by atoms with Gasteiger partial charge in [0.15, 0.2) is 6.10 Å². The van der Waals surface area contributed by atoms with Gasteiger partial charge in [-0.25, -0.2) is 9.59 Å². The molecule has 0 unspecified atom stereocenters. The second kappa shape index (κ2) is 7.04. The summed E-state index contributed by atoms with van der Waals surface area (Å²) in [6, 6.07) is 13.2. The number of aliphatic carboxylic acids is 1. The highest BCUT2D eigenvalue weighted by atomic mass is 16.5. The van der Waals surface area contributed by atoms with Gasteiger partial charge in [-0.15, -0.1) is 0 Å². The van der Waals surface area contributed by atoms with Gasteiger partial charge in [-0.3, -0.25) is 0 Å². The Labute approximate surface area is 150 Å². The van der Waals surface area contributed by atoms with Gasteiger partial charge in [0.05, 0.1) is 5.39 Å². The molecule has 3 rings (SSSR count). The van der Waals surface area contributed by atoms with Crippen molar-refractivity contribution >= 4 is 16.9 Å². The number of hydrogen-bond donors (Lipinski definition) is 1. The van der Waals surface area contributed by atoms with Crippen molar-refractivity contribution in [2.45, 2.75) is 33.3 Å². The Hall–Kier alpha value is -3.08. The van der Waals surface area contributed by atoms with Crippen LogP contribution in [0, 0.1) is 13.8 Å². The average molecular weight is 352 g/mol. The molecule has 134 valence electrons. The summed E-state index contributed by atoms with van der Waals surface area (Å²) in [6.07, 6.45) is -0.573. The lowest BCUT2D eigenvalue weighted by atomic mass is 9.98. The average Bonchev–Trinajstić information content (AvgIpc) is 2.58. The Bertz CT molecular complexity index is 1020. The van der Waals surface area contributed by atoms with Gasteiger partial charge in [0.1, 0.15) is 11.3 Å². The molecular formula is C21H20O5. The molecule has 0 spiro atoms. The molecule has 5 heteroatoms. The number of fused-ring (bicyclic) bond motifs is 1. The lowest BCUT2D eigenvalue weighted by molar-refractivity contribution is -0.144. The number of benzene rings is 2. The van der Waals surface area contributed by atoms with Crippen LogP contribution in [0.2, 0.25) is 0 Å². The highest BCUT2D eigenvalue weighted by Gasteiger charge is 2.19. The van der Waals surface area contributed by atoms with Crippen LogP contribution in [0.15, 0.2) is 51.7 Å². The highest BCUT2D eigenvalue weighted by Crippen LogP contribution is 2.32. The summed E-state index contributed by atoms with van der Waals surface area (Å²) in [5, 5.41) is 9.78. The van der Waals surface area contributed by atoms with Crippen molar-refractivity contribution in [1.82, 2.24) is 0 Å². The van der Waals surface area contributed by atoms with Crippen LogP contribution in [0.3, 0.4) is 0 Å². The first-order valence-electron chi connectivity index (χ1n) is 8.37. The van der Waals surface area contributed by atoms with Crippen molar-refractivity contribution in [3.05, 3.63) is 75.1 Å². The van der Waals surface area contributed by atoms with Gasteiger partial charge in [-0.2, -0.15) is 0 Å². The van der Waals surface area contributed by atoms with Crippen LogP contribution in [0.1, 0.15) is 29.2 Å². The van der Waals surface area contributed by atoms with Gasteiger partial charge in [0, 0.05) is 12.0 Å². The van der Waals surface area contributed by atoms with E-state index in [1.807, 2.05) is 44.2 Å². The number of carboxylic acids is 1. The molecule has 1 N–H and O–H groups in total. The Kier molecular flexibility index (Phi) is 4.80. The highest BCUT2D eigenvalue weighted by molar-refractivity contribution is 5.88. The molecule has 0 aliphatic carbocycles. The van der Waals surface area contributed by atoms with Crippen molar-refractivity contribution < 1.29 is 19.1 Å². The monoisotopic (exact) mass is 352 g/mol. The van der Waals surface area contributed by atoms with Crippen molar-refractivity contribution in [1.29, 1.82) is 0 Å². The Morgan fingerprint density at radius 1 is 1.19 bits per heavy atom. The van der Waals surface area contributed by atoms with Gasteiger partial charge in [-0.1, -0.05) is 30.3 Å². The molecule has 0 aliphatic heterocycles. The lowest BCUT2D eigenvalue weighted by Crippen LogP contribution is -2.23. The maximum Gasteiger partial charge on any atom is 0.344 e. The van der Waals surface area contributed by atoms with Crippen molar-refractivity contribution in [3.8, 4) is 5.75 Å². The molecule has 1 aromatic heterocycles. The van der Waals surface area contributed by atoms with Gasteiger partial charge >= 0.3 is 11.6 Å². The molecule has 0 saturated heterocycles. The molecule has 0 bridgehead atoms. The molecule has 0 amide bonds. The van der Waals surface area contributed by atoms with Gasteiger partial charge in [-0.05, 0) is 49.6 Å². The fourth-order valence-corrected chi connectivity index (χ4v) is 2.98. The zero-order chi connectivity index (χ0) is 18.8. The van der Waals surface area contributed by atoms with E-state index in [0.717, 1.165) is 16.7 Å². The Morgan fingerprint density at radius 3 is 2.54 bits per heavy atom. The molecule has 0 radical (unpaired) electrons. The molecule has 1 atom stereocenters. The van der Waals surface area contributed by atoms with Gasteiger partial charge in [0.2, 0.25) is 0 Å². The van der Waals surface area contributed by atoms with Crippen LogP contribution in [0.5, 0.6) is 5.75 Å². The molecule has 2 aromatic carbocycles. The minimum atomic E-state index is -1.06. The van der Waals surface area contributed by atoms with E-state index in [0.29, 0.717) is 28.7 Å². The third-order valence-electron chi connectivity index (χ3n) is 4.36. The summed E-state index contributed by atoms with van der Waals surface area (Å²) in [4.78, 5) is 23.7. The smallest absolute Gasteiger partial charge is 0.344 e. The maximum absolute atomic E-state index is 12.5. The zero-order valence-electron chi connectivity index (χ0n) is 14.9. The SMILES string of the molecule is Cc1cc(O[C@@H](C)C(=O)O)c2c(C)c(Cc3ccccc3)c(=O)oc2c1. The first kappa shape index (κ1) is 17.7. The Morgan fingerprint density at radius 2 is 1.88 bits per heavy atom. The fourth-order valence-electron chi connectivity index (χ4n) is 2.98. The second-order valence-electron chi connectivity index (χ2n) is 6.39. The van der Waals surface area contributed by atoms with Crippen LogP contribution in [-0.2, 0) is 11.2 Å². The molecule has 3 aromatic rings. The van der Waals surface area contributed by atoms with E-state index in [9.17, 15) is 9.59 Å². The molecule has 0 aliphatic rings. The van der Waals surface area contributed by atoms with Gasteiger partial charge < -0.3 is 14.3 Å². The largest absolute Gasteiger partial charge is 0.479 e. The number of aryl methyl sites for hydroxylation is 2. The molecule has 5 nitrogen and oxygen atoms in total. The van der Waals surface area contributed by atoms with Crippen molar-refractivity contribution in [2.24, 2.45) is 0 Å². The fraction of sp³-hybridized carbons (Fsp3) is 0.238. The number of ether oxygens (including phenoxy) is 1. The minimum absolute atomic E-state index is 0.387. The predicted molar refractivity (Wildman–Crippen MR) is 98.9 cm³/mol. The normalized spacial score (nSPS) is 12.1. The van der Waals surface area contributed by atoms with Crippen molar-refractivity contribution in [2.75, 3.05) is 0 Å². The van der Waals surface area contributed by atoms with E-state index >= 15 is 0 Å². The van der Waals surface area contributed by atoms with Crippen LogP contribution in [-0.4, -0.2) is 17.2 Å². The third kappa shape index (κ3) is 3.47. The number of hydrogen-bond acceptors (Lipinski definition) is 4. The predicted octanol–water partition coefficient (Wildman–Crippen LogP) is 3.85. The second-order valence-corrected chi connectivity index (χ2v) is 6.39. The number of carboxylic acid groups (broad SMARTS) is 1. The Balaban J connectivity index is 2.18. The van der Waals surface area contributed by atoms with E-state index < -0.39 is 12.1 Å². The van der Waals surface area contributed by atoms with E-state index in [4.69, 9.17) is 14.3 Å². The summed E-state index contributed by atoms with van der Waals surface area (Å²) in [6.45, 7) is 5.14. The first-order chi connectivity index (χ1) is 12.4. The first-order valence-corrected chi connectivity index (χ1v) is 8.37.